The minimum absolute atomic E-state index is 0.00658. The number of hydrogen-bond acceptors (Lipinski definition) is 4. The summed E-state index contributed by atoms with van der Waals surface area (Å²) in [6.07, 6.45) is 0.994. The standard InChI is InChI=1S/C15H22N2OS2/c1-4-19-9-7-12(3)17-15(18)14-10-11(2)13(20-14)6-5-8-16/h10,12H,4,7-9,16H2,1-3H3,(H,17,18). The molecule has 0 radical (unpaired) electrons. The van der Waals surface area contributed by atoms with Crippen molar-refractivity contribution in [2.45, 2.75) is 33.2 Å². The van der Waals surface area contributed by atoms with E-state index in [-0.39, 0.29) is 11.9 Å². The second kappa shape index (κ2) is 9.06. The van der Waals surface area contributed by atoms with Gasteiger partial charge in [0.05, 0.1) is 16.3 Å². The van der Waals surface area contributed by atoms with E-state index in [1.165, 1.54) is 11.3 Å². The third-order valence-corrected chi connectivity index (χ3v) is 4.81. The highest BCUT2D eigenvalue weighted by atomic mass is 32.2. The van der Waals surface area contributed by atoms with Crippen LogP contribution in [0.15, 0.2) is 6.07 Å². The Hall–Kier alpha value is -0.960. The van der Waals surface area contributed by atoms with Gasteiger partial charge in [0, 0.05) is 6.04 Å². The molecule has 0 fully saturated rings. The van der Waals surface area contributed by atoms with Crippen molar-refractivity contribution >= 4 is 29.0 Å². The van der Waals surface area contributed by atoms with Gasteiger partial charge in [-0.2, -0.15) is 11.8 Å². The number of amides is 1. The highest BCUT2D eigenvalue weighted by Crippen LogP contribution is 2.21. The lowest BCUT2D eigenvalue weighted by atomic mass is 10.2. The first-order valence-corrected chi connectivity index (χ1v) is 8.73. The predicted octanol–water partition coefficient (Wildman–Crippen LogP) is 2.63. The number of thioether (sulfide) groups is 1. The molecule has 1 unspecified atom stereocenters. The SMILES string of the molecule is CCSCCC(C)NC(=O)c1cc(C)c(C#CCN)s1. The van der Waals surface area contributed by atoms with Crippen LogP contribution in [-0.4, -0.2) is 30.0 Å². The van der Waals surface area contributed by atoms with Crippen molar-refractivity contribution in [1.82, 2.24) is 5.32 Å². The summed E-state index contributed by atoms with van der Waals surface area (Å²) < 4.78 is 0. The van der Waals surface area contributed by atoms with E-state index >= 15 is 0 Å². The Labute approximate surface area is 129 Å². The van der Waals surface area contributed by atoms with Crippen LogP contribution in [0.3, 0.4) is 0 Å². The molecule has 1 amide bonds. The quantitative estimate of drug-likeness (QED) is 0.627. The highest BCUT2D eigenvalue weighted by Gasteiger charge is 2.13. The fourth-order valence-corrected chi connectivity index (χ4v) is 3.38. The van der Waals surface area contributed by atoms with E-state index in [0.717, 1.165) is 33.2 Å². The van der Waals surface area contributed by atoms with E-state index in [4.69, 9.17) is 5.73 Å². The Bertz CT molecular complexity index is 500. The summed E-state index contributed by atoms with van der Waals surface area (Å²) in [6.45, 7) is 6.50. The molecule has 3 N–H and O–H groups in total. The number of nitrogens with one attached hydrogen (secondary N) is 1. The molecule has 0 spiro atoms. The zero-order valence-electron chi connectivity index (χ0n) is 12.3. The van der Waals surface area contributed by atoms with Gasteiger partial charge in [0.2, 0.25) is 0 Å². The van der Waals surface area contributed by atoms with Gasteiger partial charge in [-0.3, -0.25) is 4.79 Å². The van der Waals surface area contributed by atoms with Gasteiger partial charge in [-0.25, -0.2) is 0 Å². The Kier molecular flexibility index (Phi) is 7.75. The van der Waals surface area contributed by atoms with Gasteiger partial charge in [-0.15, -0.1) is 11.3 Å². The van der Waals surface area contributed by atoms with Crippen LogP contribution in [0.2, 0.25) is 0 Å². The van der Waals surface area contributed by atoms with Gasteiger partial charge >= 0.3 is 0 Å². The normalized spacial score (nSPS) is 11.6. The molecule has 0 saturated heterocycles. The van der Waals surface area contributed by atoms with E-state index < -0.39 is 0 Å². The number of nitrogens with two attached hydrogens (primary N) is 1. The summed E-state index contributed by atoms with van der Waals surface area (Å²) in [6, 6.07) is 2.09. The van der Waals surface area contributed by atoms with E-state index in [0.29, 0.717) is 6.54 Å². The Balaban J connectivity index is 2.59. The molecule has 0 aliphatic carbocycles. The van der Waals surface area contributed by atoms with Crippen LogP contribution < -0.4 is 11.1 Å². The van der Waals surface area contributed by atoms with Crippen molar-refractivity contribution in [3.05, 3.63) is 21.4 Å². The predicted molar refractivity (Wildman–Crippen MR) is 89.5 cm³/mol. The molecule has 110 valence electrons. The van der Waals surface area contributed by atoms with E-state index in [1.807, 2.05) is 31.7 Å². The number of carbonyl (C=O) groups excluding carboxylic acids is 1. The first-order chi connectivity index (χ1) is 9.58. The Morgan fingerprint density at radius 1 is 1.60 bits per heavy atom. The topological polar surface area (TPSA) is 55.1 Å². The molecular weight excluding hydrogens is 288 g/mol. The zero-order valence-corrected chi connectivity index (χ0v) is 13.9. The maximum atomic E-state index is 12.1. The number of hydrogen-bond donors (Lipinski definition) is 2. The minimum atomic E-state index is -0.00658. The van der Waals surface area contributed by atoms with Crippen molar-refractivity contribution in [1.29, 1.82) is 0 Å². The molecule has 0 aromatic carbocycles. The van der Waals surface area contributed by atoms with Crippen LogP contribution in [-0.2, 0) is 0 Å². The second-order valence-electron chi connectivity index (χ2n) is 4.49. The van der Waals surface area contributed by atoms with Crippen LogP contribution >= 0.6 is 23.1 Å². The molecule has 0 bridgehead atoms. The molecule has 0 aliphatic heterocycles. The average molecular weight is 310 g/mol. The fraction of sp³-hybridized carbons (Fsp3) is 0.533. The Morgan fingerprint density at radius 2 is 2.35 bits per heavy atom. The lowest BCUT2D eigenvalue weighted by Gasteiger charge is -2.12. The lowest BCUT2D eigenvalue weighted by Crippen LogP contribution is -2.32. The molecule has 0 saturated carbocycles. The van der Waals surface area contributed by atoms with Crippen LogP contribution in [0.25, 0.3) is 0 Å². The van der Waals surface area contributed by atoms with Gasteiger partial charge < -0.3 is 11.1 Å². The van der Waals surface area contributed by atoms with Crippen molar-refractivity contribution in [2.24, 2.45) is 5.73 Å². The molecule has 1 aromatic rings. The van der Waals surface area contributed by atoms with Gasteiger partial charge in [0.25, 0.3) is 5.91 Å². The molecule has 3 nitrogen and oxygen atoms in total. The smallest absolute Gasteiger partial charge is 0.261 e. The summed E-state index contributed by atoms with van der Waals surface area (Å²) in [4.78, 5) is 13.8. The number of carbonyl (C=O) groups is 1. The van der Waals surface area contributed by atoms with Gasteiger partial charge in [-0.1, -0.05) is 18.8 Å². The maximum Gasteiger partial charge on any atom is 0.261 e. The maximum absolute atomic E-state index is 12.1. The van der Waals surface area contributed by atoms with Crippen LogP contribution in [0, 0.1) is 18.8 Å². The van der Waals surface area contributed by atoms with E-state index in [2.05, 4.69) is 24.1 Å². The summed E-state index contributed by atoms with van der Waals surface area (Å²) in [7, 11) is 0. The van der Waals surface area contributed by atoms with Crippen LogP contribution in [0.5, 0.6) is 0 Å². The van der Waals surface area contributed by atoms with Gasteiger partial charge in [0.15, 0.2) is 0 Å². The van der Waals surface area contributed by atoms with E-state index in [9.17, 15) is 4.79 Å². The van der Waals surface area contributed by atoms with Crippen molar-refractivity contribution in [3.8, 4) is 11.8 Å². The fourth-order valence-electron chi connectivity index (χ4n) is 1.62. The minimum Gasteiger partial charge on any atom is -0.349 e. The molecule has 20 heavy (non-hydrogen) atoms. The van der Waals surface area contributed by atoms with Crippen LogP contribution in [0.1, 0.15) is 40.4 Å². The summed E-state index contributed by atoms with van der Waals surface area (Å²) >= 11 is 3.33. The monoisotopic (exact) mass is 310 g/mol. The molecule has 0 aliphatic rings. The Morgan fingerprint density at radius 3 is 3.00 bits per heavy atom. The van der Waals surface area contributed by atoms with Gasteiger partial charge in [0.1, 0.15) is 0 Å². The van der Waals surface area contributed by atoms with Crippen molar-refractivity contribution < 1.29 is 4.79 Å². The molecular formula is C15H22N2OS2. The second-order valence-corrected chi connectivity index (χ2v) is 6.93. The molecule has 1 atom stereocenters. The number of rotatable bonds is 6. The van der Waals surface area contributed by atoms with E-state index in [1.54, 1.807) is 0 Å². The molecule has 1 aromatic heterocycles. The summed E-state index contributed by atoms with van der Waals surface area (Å²) in [5.41, 5.74) is 6.40. The summed E-state index contributed by atoms with van der Waals surface area (Å²) in [5.74, 6) is 8.02. The van der Waals surface area contributed by atoms with Crippen molar-refractivity contribution in [3.63, 3.8) is 0 Å². The third kappa shape index (κ3) is 5.58. The zero-order chi connectivity index (χ0) is 15.0. The van der Waals surface area contributed by atoms with Gasteiger partial charge in [-0.05, 0) is 43.4 Å². The first-order valence-electron chi connectivity index (χ1n) is 6.76. The first kappa shape index (κ1) is 17.1. The third-order valence-electron chi connectivity index (χ3n) is 2.72. The lowest BCUT2D eigenvalue weighted by molar-refractivity contribution is 0.0943. The molecule has 1 heterocycles. The van der Waals surface area contributed by atoms with Crippen LogP contribution in [0.4, 0.5) is 0 Å². The highest BCUT2D eigenvalue weighted by molar-refractivity contribution is 7.99. The summed E-state index contributed by atoms with van der Waals surface area (Å²) in [5, 5.41) is 3.04. The molecule has 5 heteroatoms. The largest absolute Gasteiger partial charge is 0.349 e. The van der Waals surface area contributed by atoms with Crippen molar-refractivity contribution in [2.75, 3.05) is 18.1 Å². The average Bonchev–Trinajstić information content (AvgIpc) is 2.78. The number of thiophene rings is 1. The molecule has 1 rings (SSSR count). The number of aryl methyl sites for hydroxylation is 1.